The molecule has 1 aromatic carbocycles. The minimum Gasteiger partial charge on any atom is -0.350 e. The molecule has 0 amide bonds. The molecule has 2 nitrogen and oxygen atoms in total. The van der Waals surface area contributed by atoms with E-state index in [1.54, 1.807) is 5.70 Å². The van der Waals surface area contributed by atoms with Crippen LogP contribution in [-0.2, 0) is 0 Å². The van der Waals surface area contributed by atoms with E-state index < -0.39 is 0 Å². The Morgan fingerprint density at radius 3 is 2.17 bits per heavy atom. The predicted octanol–water partition coefficient (Wildman–Crippen LogP) is 5.83. The van der Waals surface area contributed by atoms with Crippen LogP contribution in [0, 0.1) is 12.8 Å². The summed E-state index contributed by atoms with van der Waals surface area (Å²) in [5, 5.41) is 0. The quantitative estimate of drug-likeness (QED) is 0.690. The predicted molar refractivity (Wildman–Crippen MR) is 102 cm³/mol. The van der Waals surface area contributed by atoms with Crippen molar-refractivity contribution in [1.82, 2.24) is 4.90 Å². The van der Waals surface area contributed by atoms with Gasteiger partial charge in [-0.05, 0) is 58.1 Å². The second-order valence-corrected chi connectivity index (χ2v) is 8.09. The second-order valence-electron chi connectivity index (χ2n) is 8.09. The van der Waals surface area contributed by atoms with E-state index in [-0.39, 0.29) is 0 Å². The Morgan fingerprint density at radius 1 is 0.875 bits per heavy atom. The van der Waals surface area contributed by atoms with Crippen LogP contribution >= 0.6 is 0 Å². The summed E-state index contributed by atoms with van der Waals surface area (Å²) in [6.45, 7) is 7.06. The fraction of sp³-hybridized carbons (Fsp3) is 0.636. The van der Waals surface area contributed by atoms with Gasteiger partial charge in [0.2, 0.25) is 0 Å². The zero-order valence-corrected chi connectivity index (χ0v) is 15.6. The summed E-state index contributed by atoms with van der Waals surface area (Å²) < 4.78 is 0. The standard InChI is InChI=1S/C22H32N2/c1-16-10-4-9-15-21(16)23-17(2)22(19-11-5-6-12-19)24(18(23)3)20-13-7-8-14-20/h4,9-10,15,18-20H,5-8,11-14H2,1-3H3. The van der Waals surface area contributed by atoms with E-state index in [2.05, 4.69) is 54.8 Å². The van der Waals surface area contributed by atoms with Gasteiger partial charge in [0.05, 0.1) is 0 Å². The molecule has 1 atom stereocenters. The van der Waals surface area contributed by atoms with Crippen molar-refractivity contribution in [3.8, 4) is 0 Å². The maximum atomic E-state index is 2.84. The highest BCUT2D eigenvalue weighted by Crippen LogP contribution is 2.46. The lowest BCUT2D eigenvalue weighted by molar-refractivity contribution is 0.196. The molecular formula is C22H32N2. The van der Waals surface area contributed by atoms with Crippen molar-refractivity contribution in [3.63, 3.8) is 0 Å². The van der Waals surface area contributed by atoms with Crippen LogP contribution in [0.15, 0.2) is 35.7 Å². The normalized spacial score (nSPS) is 26.2. The maximum Gasteiger partial charge on any atom is 0.103 e. The topological polar surface area (TPSA) is 6.48 Å². The highest BCUT2D eigenvalue weighted by molar-refractivity contribution is 5.60. The lowest BCUT2D eigenvalue weighted by Crippen LogP contribution is -2.43. The monoisotopic (exact) mass is 324 g/mol. The number of hydrogen-bond acceptors (Lipinski definition) is 2. The first-order chi connectivity index (χ1) is 11.7. The Hall–Kier alpha value is -1.44. The Labute approximate surface area is 147 Å². The van der Waals surface area contributed by atoms with E-state index in [1.807, 2.05) is 0 Å². The van der Waals surface area contributed by atoms with Crippen molar-refractivity contribution in [2.75, 3.05) is 4.90 Å². The Kier molecular flexibility index (Phi) is 4.32. The van der Waals surface area contributed by atoms with Crippen molar-refractivity contribution in [1.29, 1.82) is 0 Å². The molecule has 0 spiro atoms. The summed E-state index contributed by atoms with van der Waals surface area (Å²) in [5.74, 6) is 0.794. The van der Waals surface area contributed by atoms with E-state index in [1.165, 1.54) is 68.3 Å². The van der Waals surface area contributed by atoms with E-state index in [4.69, 9.17) is 0 Å². The molecule has 2 heteroatoms. The molecule has 1 unspecified atom stereocenters. The minimum atomic E-state index is 0.463. The molecule has 0 radical (unpaired) electrons. The molecule has 1 aromatic rings. The fourth-order valence-electron chi connectivity index (χ4n) is 5.52. The van der Waals surface area contributed by atoms with Crippen LogP contribution in [0.25, 0.3) is 0 Å². The molecule has 1 heterocycles. The largest absolute Gasteiger partial charge is 0.350 e. The van der Waals surface area contributed by atoms with Gasteiger partial charge in [0.15, 0.2) is 0 Å². The highest BCUT2D eigenvalue weighted by atomic mass is 15.4. The van der Waals surface area contributed by atoms with Gasteiger partial charge < -0.3 is 9.80 Å². The van der Waals surface area contributed by atoms with Crippen molar-refractivity contribution in [3.05, 3.63) is 41.2 Å². The summed E-state index contributed by atoms with van der Waals surface area (Å²) >= 11 is 0. The number of aryl methyl sites for hydroxylation is 1. The molecule has 0 saturated heterocycles. The van der Waals surface area contributed by atoms with Crippen LogP contribution in [-0.4, -0.2) is 17.1 Å². The van der Waals surface area contributed by atoms with Crippen molar-refractivity contribution in [2.45, 2.75) is 84.3 Å². The minimum absolute atomic E-state index is 0.463. The molecule has 2 saturated carbocycles. The Bertz CT molecular complexity index is 621. The summed E-state index contributed by atoms with van der Waals surface area (Å²) in [6, 6.07) is 9.67. The maximum absolute atomic E-state index is 2.84. The first-order valence-electron chi connectivity index (χ1n) is 10.0. The Morgan fingerprint density at radius 2 is 1.50 bits per heavy atom. The van der Waals surface area contributed by atoms with E-state index >= 15 is 0 Å². The van der Waals surface area contributed by atoms with Gasteiger partial charge in [0, 0.05) is 29.0 Å². The Balaban J connectivity index is 1.76. The average Bonchev–Trinajstić information content (AvgIpc) is 3.30. The van der Waals surface area contributed by atoms with Crippen molar-refractivity contribution in [2.24, 2.45) is 5.92 Å². The van der Waals surface area contributed by atoms with Crippen LogP contribution in [0.1, 0.15) is 70.8 Å². The molecule has 130 valence electrons. The molecule has 0 aromatic heterocycles. The van der Waals surface area contributed by atoms with Crippen LogP contribution in [0.4, 0.5) is 5.69 Å². The number of para-hydroxylation sites is 1. The zero-order valence-electron chi connectivity index (χ0n) is 15.6. The average molecular weight is 325 g/mol. The SMILES string of the molecule is CC1=C(C2CCCC2)N(C2CCCC2)C(C)N1c1ccccc1C. The van der Waals surface area contributed by atoms with E-state index in [0.717, 1.165) is 12.0 Å². The highest BCUT2D eigenvalue weighted by Gasteiger charge is 2.42. The summed E-state index contributed by atoms with van der Waals surface area (Å²) in [6.07, 6.45) is 11.7. The van der Waals surface area contributed by atoms with Gasteiger partial charge in [-0.1, -0.05) is 43.9 Å². The number of nitrogens with zero attached hydrogens (tertiary/aromatic N) is 2. The van der Waals surface area contributed by atoms with Crippen LogP contribution in [0.5, 0.6) is 0 Å². The van der Waals surface area contributed by atoms with Crippen molar-refractivity contribution >= 4 is 5.69 Å². The third kappa shape index (κ3) is 2.55. The van der Waals surface area contributed by atoms with E-state index in [9.17, 15) is 0 Å². The van der Waals surface area contributed by atoms with Gasteiger partial charge >= 0.3 is 0 Å². The van der Waals surface area contributed by atoms with Gasteiger partial charge in [0.25, 0.3) is 0 Å². The second kappa shape index (κ2) is 6.46. The molecule has 3 aliphatic rings. The van der Waals surface area contributed by atoms with Gasteiger partial charge in [0.1, 0.15) is 6.17 Å². The third-order valence-corrected chi connectivity index (χ3v) is 6.62. The molecule has 0 bridgehead atoms. The van der Waals surface area contributed by atoms with Gasteiger partial charge in [-0.2, -0.15) is 0 Å². The summed E-state index contributed by atoms with van der Waals surface area (Å²) in [7, 11) is 0. The zero-order chi connectivity index (χ0) is 16.7. The fourth-order valence-corrected chi connectivity index (χ4v) is 5.52. The first-order valence-corrected chi connectivity index (χ1v) is 10.0. The number of anilines is 1. The smallest absolute Gasteiger partial charge is 0.103 e. The van der Waals surface area contributed by atoms with Crippen molar-refractivity contribution < 1.29 is 0 Å². The van der Waals surface area contributed by atoms with Gasteiger partial charge in [-0.15, -0.1) is 0 Å². The molecule has 1 aliphatic heterocycles. The van der Waals surface area contributed by atoms with Gasteiger partial charge in [-0.3, -0.25) is 0 Å². The van der Waals surface area contributed by atoms with E-state index in [0.29, 0.717) is 6.17 Å². The number of rotatable bonds is 3. The van der Waals surface area contributed by atoms with Gasteiger partial charge in [-0.25, -0.2) is 0 Å². The van der Waals surface area contributed by atoms with Crippen LogP contribution in [0.2, 0.25) is 0 Å². The number of allylic oxidation sites excluding steroid dienone is 2. The lowest BCUT2D eigenvalue weighted by Gasteiger charge is -2.38. The first kappa shape index (κ1) is 16.1. The summed E-state index contributed by atoms with van der Waals surface area (Å²) in [5.41, 5.74) is 6.01. The molecule has 4 rings (SSSR count). The molecule has 24 heavy (non-hydrogen) atoms. The molecular weight excluding hydrogens is 292 g/mol. The lowest BCUT2D eigenvalue weighted by atomic mass is 10.00. The summed E-state index contributed by atoms with van der Waals surface area (Å²) in [4.78, 5) is 5.46. The van der Waals surface area contributed by atoms with Crippen LogP contribution < -0.4 is 4.90 Å². The third-order valence-electron chi connectivity index (χ3n) is 6.62. The molecule has 0 N–H and O–H groups in total. The molecule has 2 fully saturated rings. The number of hydrogen-bond donors (Lipinski definition) is 0. The number of benzene rings is 1. The van der Waals surface area contributed by atoms with Crippen LogP contribution in [0.3, 0.4) is 0 Å². The molecule has 2 aliphatic carbocycles.